The minimum absolute atomic E-state index is 0.101. The highest BCUT2D eigenvalue weighted by Crippen LogP contribution is 2.33. The summed E-state index contributed by atoms with van der Waals surface area (Å²) in [5.41, 5.74) is 0.948. The van der Waals surface area contributed by atoms with Crippen LogP contribution in [0.2, 0.25) is 0 Å². The van der Waals surface area contributed by atoms with Crippen LogP contribution in [0.3, 0.4) is 0 Å². The number of carboxylic acid groups (broad SMARTS) is 1. The molecule has 0 amide bonds. The topological polar surface area (TPSA) is 64.3 Å². The maximum Gasteiger partial charge on any atom is 0.422 e. The normalized spacial score (nSPS) is 12.9. The molecule has 2 heterocycles. The molecular weight excluding hydrogens is 380 g/mol. The van der Waals surface area contributed by atoms with Gasteiger partial charge in [0.05, 0.1) is 6.04 Å². The second-order valence-electron chi connectivity index (χ2n) is 6.32. The van der Waals surface area contributed by atoms with Gasteiger partial charge in [0.15, 0.2) is 6.61 Å². The molecule has 0 unspecified atom stereocenters. The lowest BCUT2D eigenvalue weighted by Crippen LogP contribution is -2.21. The van der Waals surface area contributed by atoms with E-state index >= 15 is 0 Å². The van der Waals surface area contributed by atoms with Crippen molar-refractivity contribution in [1.29, 1.82) is 0 Å². The Bertz CT molecular complexity index is 1040. The van der Waals surface area contributed by atoms with Crippen molar-refractivity contribution in [2.45, 2.75) is 26.1 Å². The first-order chi connectivity index (χ1) is 13.1. The Morgan fingerprint density at radius 2 is 1.96 bits per heavy atom. The summed E-state index contributed by atoms with van der Waals surface area (Å²) in [6.45, 7) is 1.75. The van der Waals surface area contributed by atoms with Gasteiger partial charge in [-0.25, -0.2) is 9.18 Å². The summed E-state index contributed by atoms with van der Waals surface area (Å²) in [4.78, 5) is 16.0. The molecule has 0 saturated carbocycles. The molecule has 0 radical (unpaired) electrons. The molecule has 3 rings (SSSR count). The van der Waals surface area contributed by atoms with Crippen LogP contribution in [0.25, 0.3) is 10.9 Å². The molecule has 0 aliphatic rings. The fourth-order valence-electron chi connectivity index (χ4n) is 3.06. The number of ether oxygens (including phenoxy) is 1. The van der Waals surface area contributed by atoms with Gasteiger partial charge in [-0.1, -0.05) is 0 Å². The maximum absolute atomic E-state index is 13.5. The lowest BCUT2D eigenvalue weighted by Gasteiger charge is -2.21. The van der Waals surface area contributed by atoms with Gasteiger partial charge in [-0.2, -0.15) is 13.2 Å². The summed E-state index contributed by atoms with van der Waals surface area (Å²) in [6.07, 6.45) is -4.53. The van der Waals surface area contributed by atoms with Crippen molar-refractivity contribution in [3.05, 3.63) is 59.3 Å². The molecule has 0 aliphatic heterocycles. The molecule has 1 N–H and O–H groups in total. The Morgan fingerprint density at radius 1 is 1.25 bits per heavy atom. The Hall–Kier alpha value is -3.10. The summed E-state index contributed by atoms with van der Waals surface area (Å²) in [7, 11) is 0. The van der Waals surface area contributed by atoms with Crippen LogP contribution in [0.15, 0.2) is 36.4 Å². The molecule has 2 aromatic heterocycles. The average molecular weight is 396 g/mol. The van der Waals surface area contributed by atoms with Crippen molar-refractivity contribution in [3.8, 4) is 5.75 Å². The van der Waals surface area contributed by atoms with E-state index in [0.29, 0.717) is 16.6 Å². The van der Waals surface area contributed by atoms with E-state index < -0.39 is 30.6 Å². The van der Waals surface area contributed by atoms with E-state index in [-0.39, 0.29) is 17.1 Å². The fourth-order valence-corrected chi connectivity index (χ4v) is 3.06. The van der Waals surface area contributed by atoms with Crippen molar-refractivity contribution < 1.29 is 32.2 Å². The number of aromatic carboxylic acids is 1. The zero-order valence-electron chi connectivity index (χ0n) is 14.9. The molecule has 0 saturated heterocycles. The summed E-state index contributed by atoms with van der Waals surface area (Å²) < 4.78 is 57.6. The Kier molecular flexibility index (Phi) is 5.01. The predicted molar refractivity (Wildman–Crippen MR) is 93.2 cm³/mol. The van der Waals surface area contributed by atoms with Crippen molar-refractivity contribution in [3.63, 3.8) is 0 Å². The first-order valence-corrected chi connectivity index (χ1v) is 8.27. The number of hydrogen-bond acceptors (Lipinski definition) is 3. The largest absolute Gasteiger partial charge is 0.482 e. The van der Waals surface area contributed by atoms with Crippen LogP contribution in [0.5, 0.6) is 5.75 Å². The Labute approximate surface area is 157 Å². The highest BCUT2D eigenvalue weighted by Gasteiger charge is 2.30. The zero-order valence-corrected chi connectivity index (χ0v) is 14.9. The van der Waals surface area contributed by atoms with E-state index in [4.69, 9.17) is 4.74 Å². The van der Waals surface area contributed by atoms with E-state index in [1.807, 2.05) is 0 Å². The summed E-state index contributed by atoms with van der Waals surface area (Å²) in [5.74, 6) is -1.89. The molecule has 9 heteroatoms. The number of alkyl halides is 3. The van der Waals surface area contributed by atoms with Crippen LogP contribution in [-0.4, -0.2) is 33.4 Å². The SMILES string of the molecule is Cc1ccc(OCC(F)(F)F)c([C@@H](C)n2c(C(=O)O)cc3cc(F)ccc32)n1. The molecule has 3 aromatic rings. The van der Waals surface area contributed by atoms with Gasteiger partial charge in [0, 0.05) is 16.6 Å². The molecule has 148 valence electrons. The van der Waals surface area contributed by atoms with Crippen molar-refractivity contribution in [2.75, 3.05) is 6.61 Å². The second kappa shape index (κ2) is 7.14. The Balaban J connectivity index is 2.14. The molecule has 0 fully saturated rings. The summed E-state index contributed by atoms with van der Waals surface area (Å²) in [5, 5.41) is 9.91. The van der Waals surface area contributed by atoms with Gasteiger partial charge >= 0.3 is 12.1 Å². The van der Waals surface area contributed by atoms with Gasteiger partial charge in [-0.3, -0.25) is 4.98 Å². The number of pyridine rings is 1. The molecule has 0 spiro atoms. The number of halogens is 4. The van der Waals surface area contributed by atoms with Crippen molar-refractivity contribution >= 4 is 16.9 Å². The first-order valence-electron chi connectivity index (χ1n) is 8.27. The highest BCUT2D eigenvalue weighted by molar-refractivity contribution is 5.95. The summed E-state index contributed by atoms with van der Waals surface area (Å²) in [6, 6.07) is 7.19. The lowest BCUT2D eigenvalue weighted by atomic mass is 10.1. The van der Waals surface area contributed by atoms with E-state index in [1.165, 1.54) is 41.0 Å². The molecule has 0 bridgehead atoms. The van der Waals surface area contributed by atoms with E-state index in [0.717, 1.165) is 0 Å². The second-order valence-corrected chi connectivity index (χ2v) is 6.32. The Morgan fingerprint density at radius 3 is 2.61 bits per heavy atom. The van der Waals surface area contributed by atoms with Gasteiger partial charge in [0.25, 0.3) is 0 Å². The molecule has 1 aromatic carbocycles. The van der Waals surface area contributed by atoms with Gasteiger partial charge in [-0.05, 0) is 50.2 Å². The van der Waals surface area contributed by atoms with Crippen LogP contribution in [0.4, 0.5) is 17.6 Å². The van der Waals surface area contributed by atoms with Crippen LogP contribution < -0.4 is 4.74 Å². The predicted octanol–water partition coefficient (Wildman–Crippen LogP) is 4.73. The minimum atomic E-state index is -4.53. The molecule has 5 nitrogen and oxygen atoms in total. The quantitative estimate of drug-likeness (QED) is 0.633. The smallest absolute Gasteiger partial charge is 0.422 e. The number of aryl methyl sites for hydroxylation is 1. The molecule has 0 aliphatic carbocycles. The number of fused-ring (bicyclic) bond motifs is 1. The monoisotopic (exact) mass is 396 g/mol. The van der Waals surface area contributed by atoms with Gasteiger partial charge in [0.1, 0.15) is 23.0 Å². The molecule has 28 heavy (non-hydrogen) atoms. The number of benzene rings is 1. The fraction of sp³-hybridized carbons (Fsp3) is 0.263. The van der Waals surface area contributed by atoms with Gasteiger partial charge in [0.2, 0.25) is 0 Å². The number of carboxylic acids is 1. The number of rotatable bonds is 5. The van der Waals surface area contributed by atoms with E-state index in [1.54, 1.807) is 13.8 Å². The van der Waals surface area contributed by atoms with Crippen LogP contribution in [0.1, 0.15) is 34.8 Å². The summed E-state index contributed by atoms with van der Waals surface area (Å²) >= 11 is 0. The van der Waals surface area contributed by atoms with Crippen molar-refractivity contribution in [1.82, 2.24) is 9.55 Å². The highest BCUT2D eigenvalue weighted by atomic mass is 19.4. The third-order valence-corrected chi connectivity index (χ3v) is 4.22. The number of nitrogens with zero attached hydrogens (tertiary/aromatic N) is 2. The third kappa shape index (κ3) is 3.92. The average Bonchev–Trinajstić information content (AvgIpc) is 2.98. The number of carbonyl (C=O) groups is 1. The van der Waals surface area contributed by atoms with Crippen LogP contribution in [-0.2, 0) is 0 Å². The number of aromatic nitrogens is 2. The standard InChI is InChI=1S/C19H16F4N2O3/c1-10-3-6-16(28-9-19(21,22)23)17(24-10)11(2)25-14-5-4-13(20)7-12(14)8-15(25)18(26)27/h3-8,11H,9H2,1-2H3,(H,26,27)/t11-/m1/s1. The molecule has 1 atom stereocenters. The maximum atomic E-state index is 13.5. The zero-order chi connectivity index (χ0) is 20.6. The van der Waals surface area contributed by atoms with E-state index in [2.05, 4.69) is 4.98 Å². The van der Waals surface area contributed by atoms with E-state index in [9.17, 15) is 27.5 Å². The van der Waals surface area contributed by atoms with Crippen LogP contribution in [0, 0.1) is 12.7 Å². The number of hydrogen-bond donors (Lipinski definition) is 1. The van der Waals surface area contributed by atoms with Crippen molar-refractivity contribution in [2.24, 2.45) is 0 Å². The van der Waals surface area contributed by atoms with Crippen LogP contribution >= 0.6 is 0 Å². The lowest BCUT2D eigenvalue weighted by molar-refractivity contribution is -0.153. The molecular formula is C19H16F4N2O3. The first kappa shape index (κ1) is 19.7. The third-order valence-electron chi connectivity index (χ3n) is 4.22. The minimum Gasteiger partial charge on any atom is -0.482 e. The van der Waals surface area contributed by atoms with Gasteiger partial charge in [-0.15, -0.1) is 0 Å². The van der Waals surface area contributed by atoms with Gasteiger partial charge < -0.3 is 14.4 Å².